The molecule has 4 rings (SSSR count). The first-order valence-electron chi connectivity index (χ1n) is 16.1. The third-order valence-corrected chi connectivity index (χ3v) is 9.66. The van der Waals surface area contributed by atoms with Gasteiger partial charge in [-0.15, -0.1) is 0 Å². The normalized spacial score (nSPS) is 13.4. The van der Waals surface area contributed by atoms with E-state index in [1.54, 1.807) is 32.9 Å². The van der Waals surface area contributed by atoms with Gasteiger partial charge in [-0.2, -0.15) is 9.57 Å². The average Bonchev–Trinajstić information content (AvgIpc) is 3.67. The Morgan fingerprint density at radius 2 is 1.76 bits per heavy atom. The molecule has 0 aliphatic heterocycles. The van der Waals surface area contributed by atoms with E-state index in [1.165, 1.54) is 42.7 Å². The molecule has 50 heavy (non-hydrogen) atoms. The van der Waals surface area contributed by atoms with Crippen molar-refractivity contribution >= 4 is 39.1 Å². The number of hydrogen-bond donors (Lipinski definition) is 2. The number of nitriles is 1. The summed E-state index contributed by atoms with van der Waals surface area (Å²) in [6, 6.07) is 17.7. The van der Waals surface area contributed by atoms with Crippen molar-refractivity contribution < 1.29 is 41.4 Å². The van der Waals surface area contributed by atoms with Crippen LogP contribution in [0.5, 0.6) is 5.75 Å². The Labute approximate surface area is 292 Å². The zero-order chi connectivity index (χ0) is 36.7. The van der Waals surface area contributed by atoms with Gasteiger partial charge in [0.25, 0.3) is 0 Å². The van der Waals surface area contributed by atoms with Crippen LogP contribution < -0.4 is 15.0 Å². The quantitative estimate of drug-likeness (QED) is 0.148. The maximum atomic E-state index is 14.4. The second-order valence-corrected chi connectivity index (χ2v) is 15.7. The zero-order valence-electron chi connectivity index (χ0n) is 29.1. The van der Waals surface area contributed by atoms with Crippen LogP contribution in [0.25, 0.3) is 11.2 Å². The van der Waals surface area contributed by atoms with E-state index in [0.717, 1.165) is 9.87 Å². The van der Waals surface area contributed by atoms with Crippen molar-refractivity contribution in [2.75, 3.05) is 25.0 Å². The number of ether oxygens (including phenoxy) is 2. The molecule has 2 atom stereocenters. The van der Waals surface area contributed by atoms with E-state index in [4.69, 9.17) is 18.3 Å². The zero-order valence-corrected chi connectivity index (χ0v) is 29.9. The van der Waals surface area contributed by atoms with Crippen LogP contribution in [0.4, 0.5) is 15.3 Å². The summed E-state index contributed by atoms with van der Waals surface area (Å²) >= 11 is 0. The number of anilines is 1. The number of fused-ring (bicyclic) bond motifs is 1. The van der Waals surface area contributed by atoms with Gasteiger partial charge in [0.05, 0.1) is 29.4 Å². The van der Waals surface area contributed by atoms with E-state index in [1.807, 2.05) is 44.2 Å². The fourth-order valence-electron chi connectivity index (χ4n) is 5.22. The number of rotatable bonds is 14. The largest absolute Gasteiger partial charge is 0.443 e. The predicted molar refractivity (Wildman–Crippen MR) is 186 cm³/mol. The third kappa shape index (κ3) is 10.1. The molecule has 2 aromatic carbocycles. The minimum absolute atomic E-state index is 0.0593. The molecule has 2 amide bonds. The molecule has 0 aliphatic rings. The van der Waals surface area contributed by atoms with E-state index in [-0.39, 0.29) is 41.5 Å². The summed E-state index contributed by atoms with van der Waals surface area (Å²) in [5.41, 5.74) is -0.384. The summed E-state index contributed by atoms with van der Waals surface area (Å²) in [4.78, 5) is 27.0. The molecular weight excluding hydrogens is 664 g/mol. The molecule has 2 aromatic heterocycles. The van der Waals surface area contributed by atoms with Gasteiger partial charge in [0.2, 0.25) is 10.0 Å². The lowest BCUT2D eigenvalue weighted by molar-refractivity contribution is 0.0589. The van der Waals surface area contributed by atoms with Crippen molar-refractivity contribution in [1.29, 1.82) is 5.26 Å². The predicted octanol–water partition coefficient (Wildman–Crippen LogP) is 6.48. The number of carbonyl (C=O) groups is 2. The van der Waals surface area contributed by atoms with Crippen molar-refractivity contribution in [3.05, 3.63) is 78.8 Å². The van der Waals surface area contributed by atoms with Crippen molar-refractivity contribution in [2.24, 2.45) is 5.41 Å². The number of sulfonamides is 1. The Morgan fingerprint density at radius 3 is 2.44 bits per heavy atom. The summed E-state index contributed by atoms with van der Waals surface area (Å²) in [6.07, 6.45) is 0.362. The number of benzene rings is 2. The third-order valence-electron chi connectivity index (χ3n) is 7.86. The molecule has 13 nitrogen and oxygen atoms in total. The smallest absolute Gasteiger partial charge is 0.414 e. The number of aliphatic hydroxyl groups excluding tert-OH is 1. The number of aliphatic hydroxyl groups is 1. The van der Waals surface area contributed by atoms with Crippen molar-refractivity contribution in [1.82, 2.24) is 9.62 Å². The fourth-order valence-corrected chi connectivity index (χ4v) is 6.91. The molecule has 0 radical (unpaired) electrons. The van der Waals surface area contributed by atoms with E-state index in [9.17, 15) is 28.4 Å². The molecule has 0 saturated heterocycles. The SMILES string of the molecule is CN(C(=O)OC(C)(C)C)c1cccc(S(=O)(=O)N(C[C@@H](O)[C@H](Cc2ccccc2)NC(=O)Oc2coc3occc23)CC(C)(C)CCC#N)c1. The second kappa shape index (κ2) is 15.8. The van der Waals surface area contributed by atoms with Gasteiger partial charge >= 0.3 is 18.0 Å². The van der Waals surface area contributed by atoms with Crippen molar-refractivity contribution in [2.45, 2.75) is 76.5 Å². The van der Waals surface area contributed by atoms with Crippen LogP contribution in [0.3, 0.4) is 0 Å². The molecule has 0 aliphatic carbocycles. The number of nitrogens with zero attached hydrogens (tertiary/aromatic N) is 3. The van der Waals surface area contributed by atoms with E-state index in [0.29, 0.717) is 11.8 Å². The number of carbonyl (C=O) groups excluding carboxylic acids is 2. The number of hydrogen-bond acceptors (Lipinski definition) is 10. The number of furan rings is 2. The highest BCUT2D eigenvalue weighted by Crippen LogP contribution is 2.31. The van der Waals surface area contributed by atoms with Gasteiger partial charge in [-0.25, -0.2) is 18.0 Å². The summed E-state index contributed by atoms with van der Waals surface area (Å²) in [5.74, 6) is 0.286. The molecule has 2 N–H and O–H groups in total. The highest BCUT2D eigenvalue weighted by molar-refractivity contribution is 7.89. The lowest BCUT2D eigenvalue weighted by atomic mass is 9.88. The second-order valence-electron chi connectivity index (χ2n) is 13.8. The highest BCUT2D eigenvalue weighted by Gasteiger charge is 2.35. The molecule has 14 heteroatoms. The molecule has 268 valence electrons. The number of nitrogens with one attached hydrogen (secondary N) is 1. The van der Waals surface area contributed by atoms with Crippen LogP contribution >= 0.6 is 0 Å². The van der Waals surface area contributed by atoms with E-state index < -0.39 is 51.9 Å². The summed E-state index contributed by atoms with van der Waals surface area (Å²) in [6.45, 7) is 8.38. The highest BCUT2D eigenvalue weighted by atomic mass is 32.2. The summed E-state index contributed by atoms with van der Waals surface area (Å²) in [7, 11) is -2.84. The maximum absolute atomic E-state index is 14.4. The topological polar surface area (TPSA) is 176 Å². The monoisotopic (exact) mass is 708 g/mol. The van der Waals surface area contributed by atoms with Crippen LogP contribution in [0.1, 0.15) is 53.0 Å². The molecule has 4 aromatic rings. The molecule has 0 bridgehead atoms. The lowest BCUT2D eigenvalue weighted by Crippen LogP contribution is -2.52. The molecule has 2 heterocycles. The first-order valence-corrected chi connectivity index (χ1v) is 17.5. The Balaban J connectivity index is 1.64. The molecule has 0 unspecified atom stereocenters. The van der Waals surface area contributed by atoms with Crippen molar-refractivity contribution in [3.63, 3.8) is 0 Å². The molecular formula is C36H44N4O9S. The van der Waals surface area contributed by atoms with Crippen LogP contribution in [0.2, 0.25) is 0 Å². The Bertz CT molecular complexity index is 1910. The fraction of sp³-hybridized carbons (Fsp3) is 0.417. The van der Waals surface area contributed by atoms with Gasteiger partial charge < -0.3 is 28.7 Å². The minimum Gasteiger partial charge on any atom is -0.443 e. The van der Waals surface area contributed by atoms with Gasteiger partial charge in [-0.1, -0.05) is 50.2 Å². The first-order chi connectivity index (χ1) is 23.5. The van der Waals surface area contributed by atoms with E-state index in [2.05, 4.69) is 11.4 Å². The Morgan fingerprint density at radius 1 is 1.04 bits per heavy atom. The molecule has 0 fully saturated rings. The van der Waals surface area contributed by atoms with Crippen LogP contribution in [-0.2, 0) is 21.2 Å². The van der Waals surface area contributed by atoms with Crippen LogP contribution in [0, 0.1) is 16.7 Å². The Kier molecular flexibility index (Phi) is 12.0. The molecule has 0 saturated carbocycles. The average molecular weight is 709 g/mol. The van der Waals surface area contributed by atoms with Gasteiger partial charge in [-0.05, 0) is 68.9 Å². The van der Waals surface area contributed by atoms with Crippen LogP contribution in [-0.4, -0.2) is 67.9 Å². The van der Waals surface area contributed by atoms with Crippen LogP contribution in [0.15, 0.2) is 86.9 Å². The summed E-state index contributed by atoms with van der Waals surface area (Å²) in [5, 5.41) is 24.1. The lowest BCUT2D eigenvalue weighted by Gasteiger charge is -2.35. The minimum atomic E-state index is -4.32. The van der Waals surface area contributed by atoms with Crippen molar-refractivity contribution in [3.8, 4) is 11.8 Å². The Hall–Kier alpha value is -4.84. The van der Waals surface area contributed by atoms with Gasteiger partial charge in [0, 0.05) is 32.2 Å². The van der Waals surface area contributed by atoms with Gasteiger partial charge in [-0.3, -0.25) is 4.90 Å². The molecule has 0 spiro atoms. The van der Waals surface area contributed by atoms with E-state index >= 15 is 0 Å². The number of amides is 2. The summed E-state index contributed by atoms with van der Waals surface area (Å²) < 4.78 is 51.3. The van der Waals surface area contributed by atoms with Gasteiger partial charge in [0.1, 0.15) is 17.3 Å². The van der Waals surface area contributed by atoms with Gasteiger partial charge in [0.15, 0.2) is 5.75 Å². The first kappa shape index (κ1) is 38.0. The maximum Gasteiger partial charge on any atom is 0.414 e. The standard InChI is InChI=1S/C36H44N4O9S/c1-35(2,3)49-34(43)39(6)26-14-10-15-27(21-26)50(44,45)40(24-36(4,5)17-11-18-37)22-30(41)29(20-25-12-8-7-9-13-25)38-33(42)48-31-23-47-32-28(31)16-19-46-32/h7-10,12-16,19,21,23,29-30,41H,11,17,20,22,24H2,1-6H3,(H,38,42)/t29-,30+/m0/s1.